The second-order valence-electron chi connectivity index (χ2n) is 4.91. The molecule has 0 radical (unpaired) electrons. The molecule has 7 heteroatoms. The molecule has 2 aromatic heterocycles. The van der Waals surface area contributed by atoms with Crippen molar-refractivity contribution >= 4 is 28.1 Å². The quantitative estimate of drug-likeness (QED) is 0.421. The molecular weight excluding hydrogens is 312 g/mol. The van der Waals surface area contributed by atoms with Gasteiger partial charge in [-0.05, 0) is 11.6 Å². The van der Waals surface area contributed by atoms with E-state index in [-0.39, 0.29) is 5.69 Å². The van der Waals surface area contributed by atoms with Crippen LogP contribution in [-0.2, 0) is 0 Å². The number of thiazole rings is 1. The van der Waals surface area contributed by atoms with Crippen molar-refractivity contribution < 1.29 is 4.92 Å². The minimum Gasteiger partial charge on any atom is -0.274 e. The maximum Gasteiger partial charge on any atom is 0.270 e. The number of benzene rings is 2. The summed E-state index contributed by atoms with van der Waals surface area (Å²) in [4.78, 5) is 19.4. The molecular formula is C16H10N4O2S. The van der Waals surface area contributed by atoms with Crippen molar-refractivity contribution in [2.24, 2.45) is 0 Å². The second-order valence-corrected chi connectivity index (χ2v) is 5.78. The summed E-state index contributed by atoms with van der Waals surface area (Å²) in [6, 6.07) is 12.4. The van der Waals surface area contributed by atoms with E-state index in [1.54, 1.807) is 24.7 Å². The summed E-state index contributed by atoms with van der Waals surface area (Å²) in [7, 11) is 0. The highest BCUT2D eigenvalue weighted by Crippen LogP contribution is 2.31. The summed E-state index contributed by atoms with van der Waals surface area (Å²) < 4.78 is 1.92. The molecule has 4 rings (SSSR count). The molecule has 0 spiro atoms. The number of nitrogens with zero attached hydrogens (tertiary/aromatic N) is 4. The first-order valence-electron chi connectivity index (χ1n) is 6.85. The van der Waals surface area contributed by atoms with Crippen molar-refractivity contribution in [3.05, 3.63) is 70.5 Å². The molecule has 0 saturated carbocycles. The number of nitro groups is 1. The van der Waals surface area contributed by atoms with E-state index < -0.39 is 4.92 Å². The van der Waals surface area contributed by atoms with Crippen LogP contribution in [-0.4, -0.2) is 19.5 Å². The Bertz CT molecular complexity index is 1010. The maximum absolute atomic E-state index is 11.0. The lowest BCUT2D eigenvalue weighted by Gasteiger charge is -2.04. The van der Waals surface area contributed by atoms with Gasteiger partial charge in [-0.1, -0.05) is 24.3 Å². The third-order valence-corrected chi connectivity index (χ3v) is 4.34. The summed E-state index contributed by atoms with van der Waals surface area (Å²) in [5.74, 6) is 0. The molecule has 0 aliphatic rings. The average molecular weight is 322 g/mol. The molecule has 4 aromatic rings. The van der Waals surface area contributed by atoms with Gasteiger partial charge in [0, 0.05) is 29.3 Å². The normalized spacial score (nSPS) is 11.0. The summed E-state index contributed by atoms with van der Waals surface area (Å²) in [5, 5.41) is 13.7. The van der Waals surface area contributed by atoms with Crippen LogP contribution in [0.5, 0.6) is 0 Å². The highest BCUT2D eigenvalue weighted by Gasteiger charge is 2.13. The van der Waals surface area contributed by atoms with Crippen molar-refractivity contribution in [3.8, 4) is 16.3 Å². The Hall–Kier alpha value is -3.06. The van der Waals surface area contributed by atoms with Crippen LogP contribution in [0.3, 0.4) is 0 Å². The zero-order valence-corrected chi connectivity index (χ0v) is 12.6. The molecule has 112 valence electrons. The van der Waals surface area contributed by atoms with Crippen molar-refractivity contribution in [1.82, 2.24) is 14.5 Å². The van der Waals surface area contributed by atoms with E-state index in [2.05, 4.69) is 9.97 Å². The van der Waals surface area contributed by atoms with E-state index >= 15 is 0 Å². The molecule has 0 unspecified atom stereocenters. The van der Waals surface area contributed by atoms with Crippen LogP contribution in [0.25, 0.3) is 27.3 Å². The zero-order valence-electron chi connectivity index (χ0n) is 11.8. The first-order valence-corrected chi connectivity index (χ1v) is 7.73. The minimum absolute atomic E-state index is 0.0684. The molecule has 0 amide bonds. The Morgan fingerprint density at radius 3 is 2.78 bits per heavy atom. The highest BCUT2D eigenvalue weighted by atomic mass is 32.1. The Balaban J connectivity index is 1.92. The van der Waals surface area contributed by atoms with E-state index in [0.29, 0.717) is 0 Å². The van der Waals surface area contributed by atoms with Gasteiger partial charge in [-0.3, -0.25) is 14.7 Å². The van der Waals surface area contributed by atoms with Gasteiger partial charge in [0.25, 0.3) is 5.69 Å². The summed E-state index contributed by atoms with van der Waals surface area (Å²) in [5.41, 5.74) is 3.42. The van der Waals surface area contributed by atoms with Gasteiger partial charge in [0.15, 0.2) is 5.13 Å². The third kappa shape index (κ3) is 2.27. The molecule has 0 bridgehead atoms. The van der Waals surface area contributed by atoms with Crippen LogP contribution >= 0.6 is 11.3 Å². The molecule has 0 aliphatic heterocycles. The predicted octanol–water partition coefficient (Wildman–Crippen LogP) is 4.06. The number of para-hydroxylation sites is 1. The van der Waals surface area contributed by atoms with Crippen molar-refractivity contribution in [1.29, 1.82) is 0 Å². The Morgan fingerprint density at radius 2 is 2.00 bits per heavy atom. The van der Waals surface area contributed by atoms with E-state index in [1.165, 1.54) is 17.4 Å². The van der Waals surface area contributed by atoms with Gasteiger partial charge in [0.05, 0.1) is 16.0 Å². The fourth-order valence-corrected chi connectivity index (χ4v) is 3.17. The smallest absolute Gasteiger partial charge is 0.270 e. The Labute approximate surface area is 134 Å². The number of aromatic nitrogens is 3. The standard InChI is InChI=1S/C16H10N4O2S/c21-20(22)12-4-1-3-11(9-12)13-5-2-6-14-15(13)18-10-19(14)16-17-7-8-23-16/h1-10H. The molecule has 2 aromatic carbocycles. The van der Waals surface area contributed by atoms with Gasteiger partial charge in [-0.25, -0.2) is 9.97 Å². The molecule has 0 aliphatic carbocycles. The number of hydrogen-bond acceptors (Lipinski definition) is 5. The van der Waals surface area contributed by atoms with Crippen LogP contribution in [0.1, 0.15) is 0 Å². The number of rotatable bonds is 3. The van der Waals surface area contributed by atoms with Crippen LogP contribution < -0.4 is 0 Å². The summed E-state index contributed by atoms with van der Waals surface area (Å²) in [6.07, 6.45) is 3.47. The molecule has 0 N–H and O–H groups in total. The molecule has 2 heterocycles. The van der Waals surface area contributed by atoms with Crippen LogP contribution in [0.2, 0.25) is 0 Å². The highest BCUT2D eigenvalue weighted by molar-refractivity contribution is 7.12. The number of imidazole rings is 1. The Morgan fingerprint density at radius 1 is 1.13 bits per heavy atom. The summed E-state index contributed by atoms with van der Waals surface area (Å²) >= 11 is 1.53. The molecule has 0 saturated heterocycles. The number of fused-ring (bicyclic) bond motifs is 1. The van der Waals surface area contributed by atoms with E-state index in [4.69, 9.17) is 0 Å². The maximum atomic E-state index is 11.0. The van der Waals surface area contributed by atoms with Gasteiger partial charge in [0.1, 0.15) is 6.33 Å². The lowest BCUT2D eigenvalue weighted by atomic mass is 10.0. The minimum atomic E-state index is -0.391. The SMILES string of the molecule is O=[N+]([O-])c1cccc(-c2cccc3c2ncn3-c2nccs2)c1. The lowest BCUT2D eigenvalue weighted by Crippen LogP contribution is -1.91. The van der Waals surface area contributed by atoms with Gasteiger partial charge in [-0.15, -0.1) is 11.3 Å². The van der Waals surface area contributed by atoms with Crippen LogP contribution in [0.4, 0.5) is 5.69 Å². The van der Waals surface area contributed by atoms with Gasteiger partial charge >= 0.3 is 0 Å². The fraction of sp³-hybridized carbons (Fsp3) is 0. The van der Waals surface area contributed by atoms with Gasteiger partial charge in [0.2, 0.25) is 0 Å². The van der Waals surface area contributed by atoms with E-state index in [0.717, 1.165) is 27.3 Å². The fourth-order valence-electron chi connectivity index (χ4n) is 2.55. The van der Waals surface area contributed by atoms with Crippen molar-refractivity contribution in [3.63, 3.8) is 0 Å². The first kappa shape index (κ1) is 13.6. The Kier molecular flexibility index (Phi) is 3.13. The molecule has 0 atom stereocenters. The van der Waals surface area contributed by atoms with Gasteiger partial charge < -0.3 is 0 Å². The first-order chi connectivity index (χ1) is 11.2. The predicted molar refractivity (Wildman–Crippen MR) is 88.8 cm³/mol. The molecule has 23 heavy (non-hydrogen) atoms. The topological polar surface area (TPSA) is 73.8 Å². The number of non-ortho nitro benzene ring substituents is 1. The second kappa shape index (κ2) is 5.29. The zero-order chi connectivity index (χ0) is 15.8. The van der Waals surface area contributed by atoms with Crippen LogP contribution in [0.15, 0.2) is 60.4 Å². The molecule has 6 nitrogen and oxygen atoms in total. The van der Waals surface area contributed by atoms with Crippen molar-refractivity contribution in [2.75, 3.05) is 0 Å². The average Bonchev–Trinajstić information content (AvgIpc) is 3.23. The third-order valence-electron chi connectivity index (χ3n) is 3.57. The number of nitro benzene ring substituents is 1. The number of hydrogen-bond donors (Lipinski definition) is 0. The van der Waals surface area contributed by atoms with Crippen molar-refractivity contribution in [2.45, 2.75) is 0 Å². The largest absolute Gasteiger partial charge is 0.274 e. The monoisotopic (exact) mass is 322 g/mol. The molecule has 0 fully saturated rings. The van der Waals surface area contributed by atoms with E-state index in [1.807, 2.05) is 34.2 Å². The summed E-state index contributed by atoms with van der Waals surface area (Å²) in [6.45, 7) is 0. The van der Waals surface area contributed by atoms with E-state index in [9.17, 15) is 10.1 Å². The lowest BCUT2D eigenvalue weighted by molar-refractivity contribution is -0.384. The van der Waals surface area contributed by atoms with Gasteiger partial charge in [-0.2, -0.15) is 0 Å². The van der Waals surface area contributed by atoms with Crippen LogP contribution in [0, 0.1) is 10.1 Å².